The molecule has 31 heavy (non-hydrogen) atoms. The molecule has 3 aromatic rings. The summed E-state index contributed by atoms with van der Waals surface area (Å²) in [5.74, 6) is -2.36. The van der Waals surface area contributed by atoms with Gasteiger partial charge in [-0.1, -0.05) is 34.8 Å². The lowest BCUT2D eigenvalue weighted by Crippen LogP contribution is -2.33. The molecule has 0 amide bonds. The SMILES string of the molecule is O=C(O)c1c(Cl)c(Cl)c2c(c1Cl)C1(OC2=O)c2ccc(O)cc2Oc2cc(O)ccc21. The van der Waals surface area contributed by atoms with E-state index in [1.165, 1.54) is 36.4 Å². The van der Waals surface area contributed by atoms with Crippen molar-refractivity contribution in [2.24, 2.45) is 0 Å². The smallest absolute Gasteiger partial charge is 0.341 e. The predicted octanol–water partition coefficient (Wildman–Crippen LogP) is 5.32. The second-order valence-electron chi connectivity index (χ2n) is 6.91. The van der Waals surface area contributed by atoms with Gasteiger partial charge in [-0.25, -0.2) is 9.59 Å². The van der Waals surface area contributed by atoms with Crippen molar-refractivity contribution in [1.29, 1.82) is 0 Å². The molecule has 2 aliphatic rings. The maximum absolute atomic E-state index is 13.0. The number of aromatic hydroxyl groups is 2. The molecule has 3 N–H and O–H groups in total. The van der Waals surface area contributed by atoms with E-state index >= 15 is 0 Å². The lowest BCUT2D eigenvalue weighted by Gasteiger charge is -2.37. The average molecular weight is 480 g/mol. The maximum atomic E-state index is 13.0. The third kappa shape index (κ3) is 2.48. The number of hydrogen-bond acceptors (Lipinski definition) is 6. The van der Waals surface area contributed by atoms with E-state index in [0.29, 0.717) is 0 Å². The minimum Gasteiger partial charge on any atom is -0.508 e. The molecule has 1 spiro atoms. The van der Waals surface area contributed by atoms with Crippen molar-refractivity contribution in [3.05, 3.63) is 79.3 Å². The van der Waals surface area contributed by atoms with E-state index in [4.69, 9.17) is 44.3 Å². The third-order valence-corrected chi connectivity index (χ3v) is 6.48. The van der Waals surface area contributed by atoms with Crippen LogP contribution in [0.25, 0.3) is 0 Å². The molecule has 0 saturated heterocycles. The van der Waals surface area contributed by atoms with Crippen LogP contribution >= 0.6 is 34.8 Å². The Bertz CT molecular complexity index is 1300. The first-order valence-corrected chi connectivity index (χ1v) is 9.82. The van der Waals surface area contributed by atoms with Crippen molar-refractivity contribution in [2.45, 2.75) is 5.60 Å². The highest BCUT2D eigenvalue weighted by molar-refractivity contribution is 6.48. The zero-order valence-electron chi connectivity index (χ0n) is 15.1. The number of carboxylic acids is 1. The molecule has 0 bridgehead atoms. The summed E-state index contributed by atoms with van der Waals surface area (Å²) < 4.78 is 11.7. The number of hydrogen-bond donors (Lipinski definition) is 3. The van der Waals surface area contributed by atoms with Gasteiger partial charge in [0.15, 0.2) is 5.60 Å². The lowest BCUT2D eigenvalue weighted by molar-refractivity contribution is 0.0224. The first-order chi connectivity index (χ1) is 14.7. The molecule has 2 heterocycles. The molecule has 10 heteroatoms. The van der Waals surface area contributed by atoms with Crippen molar-refractivity contribution in [2.75, 3.05) is 0 Å². The number of fused-ring (bicyclic) bond motifs is 6. The average Bonchev–Trinajstić information content (AvgIpc) is 2.99. The van der Waals surface area contributed by atoms with Gasteiger partial charge in [0.2, 0.25) is 0 Å². The number of benzene rings is 3. The lowest BCUT2D eigenvalue weighted by atomic mass is 9.77. The topological polar surface area (TPSA) is 113 Å². The summed E-state index contributed by atoms with van der Waals surface area (Å²) in [6.07, 6.45) is 0. The Hall–Kier alpha value is -3.13. The summed E-state index contributed by atoms with van der Waals surface area (Å²) in [6, 6.07) is 8.21. The van der Waals surface area contributed by atoms with Crippen LogP contribution < -0.4 is 4.74 Å². The van der Waals surface area contributed by atoms with Crippen molar-refractivity contribution >= 4 is 46.7 Å². The van der Waals surface area contributed by atoms with Gasteiger partial charge >= 0.3 is 11.9 Å². The molecule has 0 saturated carbocycles. The van der Waals surface area contributed by atoms with Gasteiger partial charge < -0.3 is 24.8 Å². The van der Waals surface area contributed by atoms with Crippen LogP contribution in [0.3, 0.4) is 0 Å². The number of ether oxygens (including phenoxy) is 2. The fourth-order valence-corrected chi connectivity index (χ4v) is 5.01. The van der Waals surface area contributed by atoms with Crippen LogP contribution in [0.1, 0.15) is 37.4 Å². The molecule has 7 nitrogen and oxygen atoms in total. The number of carboxylic acid groups (broad SMARTS) is 1. The van der Waals surface area contributed by atoms with Gasteiger partial charge in [0.25, 0.3) is 0 Å². The summed E-state index contributed by atoms with van der Waals surface area (Å²) in [4.78, 5) is 24.9. The second-order valence-corrected chi connectivity index (χ2v) is 8.04. The second kappa shape index (κ2) is 6.43. The molecule has 0 radical (unpaired) electrons. The monoisotopic (exact) mass is 478 g/mol. The molecule has 5 rings (SSSR count). The molecule has 3 aromatic carbocycles. The number of phenols is 2. The van der Waals surface area contributed by atoms with Crippen LogP contribution in [0.4, 0.5) is 0 Å². The molecule has 0 fully saturated rings. The quantitative estimate of drug-likeness (QED) is 0.319. The summed E-state index contributed by atoms with van der Waals surface area (Å²) in [5, 5.41) is 28.5. The number of phenolic OH excluding ortho intramolecular Hbond substituents is 2. The molecular weight excluding hydrogens is 471 g/mol. The maximum Gasteiger partial charge on any atom is 0.341 e. The van der Waals surface area contributed by atoms with E-state index in [1.807, 2.05) is 0 Å². The van der Waals surface area contributed by atoms with E-state index < -0.39 is 28.1 Å². The van der Waals surface area contributed by atoms with Gasteiger partial charge in [0, 0.05) is 28.8 Å². The van der Waals surface area contributed by atoms with Crippen molar-refractivity contribution in [3.63, 3.8) is 0 Å². The Morgan fingerprint density at radius 2 is 1.42 bits per heavy atom. The highest BCUT2D eigenvalue weighted by atomic mass is 35.5. The number of carbonyl (C=O) groups is 2. The Balaban J connectivity index is 1.99. The Labute approximate surface area is 188 Å². The summed E-state index contributed by atoms with van der Waals surface area (Å²) >= 11 is 18.9. The van der Waals surface area contributed by atoms with Gasteiger partial charge in [0.05, 0.1) is 26.2 Å². The molecule has 0 atom stereocenters. The number of carbonyl (C=O) groups excluding carboxylic acids is 1. The van der Waals surface area contributed by atoms with Crippen LogP contribution in [0.2, 0.25) is 15.1 Å². The van der Waals surface area contributed by atoms with Crippen molar-refractivity contribution in [1.82, 2.24) is 0 Å². The van der Waals surface area contributed by atoms with Gasteiger partial charge in [-0.2, -0.15) is 0 Å². The number of aromatic carboxylic acids is 1. The van der Waals surface area contributed by atoms with E-state index in [1.54, 1.807) is 0 Å². The summed E-state index contributed by atoms with van der Waals surface area (Å²) in [5.41, 5.74) is -1.90. The summed E-state index contributed by atoms with van der Waals surface area (Å²) in [6.45, 7) is 0. The number of rotatable bonds is 1. The minimum absolute atomic E-state index is 0.0202. The fourth-order valence-electron chi connectivity index (χ4n) is 4.03. The van der Waals surface area contributed by atoms with Gasteiger partial charge in [-0.05, 0) is 24.3 Å². The minimum atomic E-state index is -1.76. The highest BCUT2D eigenvalue weighted by Gasteiger charge is 2.56. The van der Waals surface area contributed by atoms with E-state index in [0.717, 1.165) is 0 Å². The Morgan fingerprint density at radius 1 is 0.871 bits per heavy atom. The largest absolute Gasteiger partial charge is 0.508 e. The Kier molecular flexibility index (Phi) is 4.11. The number of halogens is 3. The molecule has 0 aliphatic carbocycles. The zero-order valence-corrected chi connectivity index (χ0v) is 17.3. The molecule has 0 unspecified atom stereocenters. The van der Waals surface area contributed by atoms with Crippen LogP contribution in [0, 0.1) is 0 Å². The van der Waals surface area contributed by atoms with Crippen LogP contribution in [-0.2, 0) is 10.3 Å². The fraction of sp³-hybridized carbons (Fsp3) is 0.0476. The van der Waals surface area contributed by atoms with Crippen molar-refractivity contribution in [3.8, 4) is 23.0 Å². The molecule has 2 aliphatic heterocycles. The third-order valence-electron chi connectivity index (χ3n) is 5.25. The van der Waals surface area contributed by atoms with E-state index in [9.17, 15) is 24.9 Å². The molecular formula is C21H9Cl3O7. The zero-order chi connectivity index (χ0) is 22.2. The molecule has 0 aromatic heterocycles. The van der Waals surface area contributed by atoms with Crippen molar-refractivity contribution < 1.29 is 34.4 Å². The van der Waals surface area contributed by atoms with Crippen LogP contribution in [0.15, 0.2) is 36.4 Å². The standard InChI is InChI=1S/C21H9Cl3O7/c22-16-14(19(27)28)18(24)17(23)13-15(16)21(31-20(13)29)9-3-1-7(25)5-11(9)30-12-6-8(26)2-4-10(12)21/h1-6,25-26H,(H,27,28). The predicted molar refractivity (Wildman–Crippen MR) is 110 cm³/mol. The highest BCUT2D eigenvalue weighted by Crippen LogP contribution is 2.60. The van der Waals surface area contributed by atoms with E-state index in [-0.39, 0.29) is 55.3 Å². The van der Waals surface area contributed by atoms with Gasteiger partial charge in [-0.3, -0.25) is 0 Å². The van der Waals surface area contributed by atoms with Gasteiger partial charge in [-0.15, -0.1) is 0 Å². The number of esters is 1. The Morgan fingerprint density at radius 3 is 1.94 bits per heavy atom. The van der Waals surface area contributed by atoms with Gasteiger partial charge in [0.1, 0.15) is 23.0 Å². The normalized spacial score (nSPS) is 15.0. The first-order valence-electron chi connectivity index (χ1n) is 8.69. The summed E-state index contributed by atoms with van der Waals surface area (Å²) in [7, 11) is 0. The van der Waals surface area contributed by atoms with Crippen LogP contribution in [0.5, 0.6) is 23.0 Å². The van der Waals surface area contributed by atoms with E-state index in [2.05, 4.69) is 0 Å². The first kappa shape index (κ1) is 19.8. The van der Waals surface area contributed by atoms with Crippen LogP contribution in [-0.4, -0.2) is 27.3 Å². The molecule has 156 valence electrons.